The molecule has 0 bridgehead atoms. The summed E-state index contributed by atoms with van der Waals surface area (Å²) in [7, 11) is 0. The number of rotatable bonds is 3. The summed E-state index contributed by atoms with van der Waals surface area (Å²) < 4.78 is 0. The first-order valence-corrected chi connectivity index (χ1v) is 7.88. The normalized spacial score (nSPS) is 17.6. The second kappa shape index (κ2) is 6.61. The maximum Gasteiger partial charge on any atom is 0.0603 e. The second-order valence-corrected chi connectivity index (χ2v) is 6.09. The minimum atomic E-state index is 0.283. The van der Waals surface area contributed by atoms with Crippen LogP contribution in [-0.2, 0) is 0 Å². The maximum atomic E-state index is 6.22. The van der Waals surface area contributed by atoms with Crippen LogP contribution in [0.3, 0.4) is 0 Å². The van der Waals surface area contributed by atoms with E-state index in [1.54, 1.807) is 0 Å². The zero-order valence-corrected chi connectivity index (χ0v) is 13.1. The number of nitrogens with zero attached hydrogens (tertiary/aromatic N) is 1. The van der Waals surface area contributed by atoms with E-state index < -0.39 is 0 Å². The number of nitrogens with one attached hydrogen (secondary N) is 1. The molecule has 1 aliphatic rings. The molecule has 3 rings (SSSR count). The standard InChI is InChI=1S/C18H21ClN2/c1-14-4-2-5-15(12-14)18(21-10-8-20-9-11-21)16-6-3-7-17(19)13-16/h2-7,12-13,18,20H,8-11H2,1H3. The molecule has 1 aliphatic heterocycles. The van der Waals surface area contributed by atoms with Gasteiger partial charge in [0.15, 0.2) is 0 Å². The topological polar surface area (TPSA) is 15.3 Å². The Morgan fingerprint density at radius 1 is 1.00 bits per heavy atom. The van der Waals surface area contributed by atoms with Gasteiger partial charge < -0.3 is 5.32 Å². The number of benzene rings is 2. The van der Waals surface area contributed by atoms with Gasteiger partial charge >= 0.3 is 0 Å². The molecule has 2 aromatic rings. The molecule has 0 aromatic heterocycles. The number of halogens is 1. The molecule has 1 heterocycles. The van der Waals surface area contributed by atoms with E-state index in [0.29, 0.717) is 0 Å². The Morgan fingerprint density at radius 2 is 1.67 bits per heavy atom. The molecule has 1 saturated heterocycles. The van der Waals surface area contributed by atoms with Crippen molar-refractivity contribution < 1.29 is 0 Å². The van der Waals surface area contributed by atoms with E-state index in [2.05, 4.69) is 53.5 Å². The van der Waals surface area contributed by atoms with E-state index in [1.807, 2.05) is 12.1 Å². The van der Waals surface area contributed by atoms with Crippen molar-refractivity contribution in [1.29, 1.82) is 0 Å². The van der Waals surface area contributed by atoms with Gasteiger partial charge in [0.2, 0.25) is 0 Å². The van der Waals surface area contributed by atoms with Crippen LogP contribution in [0.4, 0.5) is 0 Å². The van der Waals surface area contributed by atoms with Gasteiger partial charge in [0.1, 0.15) is 0 Å². The van der Waals surface area contributed by atoms with Gasteiger partial charge in [0.05, 0.1) is 6.04 Å². The summed E-state index contributed by atoms with van der Waals surface area (Å²) >= 11 is 6.22. The maximum absolute atomic E-state index is 6.22. The largest absolute Gasteiger partial charge is 0.314 e. The van der Waals surface area contributed by atoms with Gasteiger partial charge in [-0.2, -0.15) is 0 Å². The minimum absolute atomic E-state index is 0.283. The molecule has 2 aromatic carbocycles. The van der Waals surface area contributed by atoms with Crippen LogP contribution in [0.2, 0.25) is 5.02 Å². The highest BCUT2D eigenvalue weighted by molar-refractivity contribution is 6.30. The third kappa shape index (κ3) is 3.46. The van der Waals surface area contributed by atoms with Crippen molar-refractivity contribution in [2.24, 2.45) is 0 Å². The molecule has 1 fully saturated rings. The third-order valence-corrected chi connectivity index (χ3v) is 4.27. The lowest BCUT2D eigenvalue weighted by molar-refractivity contribution is 0.198. The number of aryl methyl sites for hydroxylation is 1. The molecule has 0 radical (unpaired) electrons. The van der Waals surface area contributed by atoms with Crippen molar-refractivity contribution in [2.45, 2.75) is 13.0 Å². The van der Waals surface area contributed by atoms with Crippen molar-refractivity contribution in [2.75, 3.05) is 26.2 Å². The van der Waals surface area contributed by atoms with Crippen molar-refractivity contribution in [3.05, 3.63) is 70.2 Å². The molecular weight excluding hydrogens is 280 g/mol. The Hall–Kier alpha value is -1.35. The smallest absolute Gasteiger partial charge is 0.0603 e. The predicted molar refractivity (Wildman–Crippen MR) is 88.9 cm³/mol. The van der Waals surface area contributed by atoms with Crippen LogP contribution in [-0.4, -0.2) is 31.1 Å². The molecular formula is C18H21ClN2. The average molecular weight is 301 g/mol. The van der Waals surface area contributed by atoms with Gasteiger partial charge in [-0.05, 0) is 30.2 Å². The summed E-state index contributed by atoms with van der Waals surface area (Å²) in [5, 5.41) is 4.23. The van der Waals surface area contributed by atoms with Crippen LogP contribution >= 0.6 is 11.6 Å². The summed E-state index contributed by atoms with van der Waals surface area (Å²) in [5.41, 5.74) is 3.92. The highest BCUT2D eigenvalue weighted by Crippen LogP contribution is 2.30. The molecule has 1 atom stereocenters. The van der Waals surface area contributed by atoms with E-state index in [0.717, 1.165) is 31.2 Å². The Kier molecular flexibility index (Phi) is 4.59. The van der Waals surface area contributed by atoms with E-state index >= 15 is 0 Å². The van der Waals surface area contributed by atoms with Crippen LogP contribution < -0.4 is 5.32 Å². The lowest BCUT2D eigenvalue weighted by Gasteiger charge is -2.35. The molecule has 110 valence electrons. The summed E-state index contributed by atoms with van der Waals surface area (Å²) in [5.74, 6) is 0. The lowest BCUT2D eigenvalue weighted by Crippen LogP contribution is -2.45. The third-order valence-electron chi connectivity index (χ3n) is 4.04. The van der Waals surface area contributed by atoms with Crippen LogP contribution in [0.15, 0.2) is 48.5 Å². The highest BCUT2D eigenvalue weighted by Gasteiger charge is 2.23. The monoisotopic (exact) mass is 300 g/mol. The van der Waals surface area contributed by atoms with E-state index in [4.69, 9.17) is 11.6 Å². The predicted octanol–water partition coefficient (Wildman–Crippen LogP) is 3.64. The summed E-state index contributed by atoms with van der Waals surface area (Å²) in [4.78, 5) is 2.54. The molecule has 3 heteroatoms. The van der Waals surface area contributed by atoms with Crippen molar-refractivity contribution in [1.82, 2.24) is 10.2 Å². The van der Waals surface area contributed by atoms with E-state index in [1.165, 1.54) is 16.7 Å². The molecule has 0 aliphatic carbocycles. The molecule has 0 spiro atoms. The molecule has 1 N–H and O–H groups in total. The summed E-state index contributed by atoms with van der Waals surface area (Å²) in [6.45, 7) is 6.36. The molecule has 21 heavy (non-hydrogen) atoms. The van der Waals surface area contributed by atoms with Crippen molar-refractivity contribution >= 4 is 11.6 Å². The first-order valence-electron chi connectivity index (χ1n) is 7.51. The highest BCUT2D eigenvalue weighted by atomic mass is 35.5. The zero-order chi connectivity index (χ0) is 14.7. The number of piperazine rings is 1. The Bertz CT molecular complexity index is 560. The molecule has 0 saturated carbocycles. The number of hydrogen-bond acceptors (Lipinski definition) is 2. The van der Waals surface area contributed by atoms with Gasteiger partial charge in [0.25, 0.3) is 0 Å². The molecule has 1 unspecified atom stereocenters. The van der Waals surface area contributed by atoms with Gasteiger partial charge in [-0.3, -0.25) is 4.90 Å². The quantitative estimate of drug-likeness (QED) is 0.931. The number of hydrogen-bond donors (Lipinski definition) is 1. The Balaban J connectivity index is 2.01. The fourth-order valence-electron chi connectivity index (χ4n) is 3.07. The second-order valence-electron chi connectivity index (χ2n) is 5.66. The average Bonchev–Trinajstić information content (AvgIpc) is 2.49. The van der Waals surface area contributed by atoms with Gasteiger partial charge in [-0.15, -0.1) is 0 Å². The van der Waals surface area contributed by atoms with Crippen LogP contribution in [0.1, 0.15) is 22.7 Å². The first-order chi connectivity index (χ1) is 10.2. The van der Waals surface area contributed by atoms with Crippen LogP contribution in [0.5, 0.6) is 0 Å². The van der Waals surface area contributed by atoms with Crippen molar-refractivity contribution in [3.8, 4) is 0 Å². The SMILES string of the molecule is Cc1cccc(C(c2cccc(Cl)c2)N2CCNCC2)c1. The summed E-state index contributed by atoms with van der Waals surface area (Å²) in [6, 6.07) is 17.3. The minimum Gasteiger partial charge on any atom is -0.314 e. The fourth-order valence-corrected chi connectivity index (χ4v) is 3.27. The van der Waals surface area contributed by atoms with Crippen LogP contribution in [0, 0.1) is 6.92 Å². The zero-order valence-electron chi connectivity index (χ0n) is 12.3. The fraction of sp³-hybridized carbons (Fsp3) is 0.333. The van der Waals surface area contributed by atoms with Gasteiger partial charge in [0, 0.05) is 31.2 Å². The van der Waals surface area contributed by atoms with Crippen LogP contribution in [0.25, 0.3) is 0 Å². The van der Waals surface area contributed by atoms with Crippen molar-refractivity contribution in [3.63, 3.8) is 0 Å². The van der Waals surface area contributed by atoms with E-state index in [9.17, 15) is 0 Å². The van der Waals surface area contributed by atoms with Gasteiger partial charge in [-0.1, -0.05) is 53.6 Å². The van der Waals surface area contributed by atoms with E-state index in [-0.39, 0.29) is 6.04 Å². The lowest BCUT2D eigenvalue weighted by atomic mass is 9.95. The Labute approximate surface area is 131 Å². The first kappa shape index (κ1) is 14.6. The van der Waals surface area contributed by atoms with Gasteiger partial charge in [-0.25, -0.2) is 0 Å². The molecule has 0 amide bonds. The summed E-state index contributed by atoms with van der Waals surface area (Å²) in [6.07, 6.45) is 0. The Morgan fingerprint density at radius 3 is 2.33 bits per heavy atom. The molecule has 2 nitrogen and oxygen atoms in total.